The highest BCUT2D eigenvalue weighted by Gasteiger charge is 2.34. The summed E-state index contributed by atoms with van der Waals surface area (Å²) in [5.74, 6) is 6.17. The third-order valence-corrected chi connectivity index (χ3v) is 5.53. The highest BCUT2D eigenvalue weighted by atomic mass is 16.2. The Bertz CT molecular complexity index is 1030. The molecule has 0 aliphatic carbocycles. The highest BCUT2D eigenvalue weighted by molar-refractivity contribution is 5.94. The van der Waals surface area contributed by atoms with Gasteiger partial charge in [0.15, 0.2) is 0 Å². The predicted molar refractivity (Wildman–Crippen MR) is 123 cm³/mol. The molecule has 0 N–H and O–H groups in total. The van der Waals surface area contributed by atoms with Gasteiger partial charge in [0.25, 0.3) is 5.91 Å². The summed E-state index contributed by atoms with van der Waals surface area (Å²) in [6.45, 7) is 5.73. The maximum atomic E-state index is 13.2. The minimum Gasteiger partial charge on any atom is -0.322 e. The lowest BCUT2D eigenvalue weighted by molar-refractivity contribution is 0.0497. The zero-order valence-electron chi connectivity index (χ0n) is 17.4. The van der Waals surface area contributed by atoms with Crippen molar-refractivity contribution >= 4 is 5.91 Å². The molecule has 0 bridgehead atoms. The zero-order chi connectivity index (χ0) is 21.5. The van der Waals surface area contributed by atoms with Crippen molar-refractivity contribution in [2.24, 2.45) is 0 Å². The van der Waals surface area contributed by atoms with Crippen LogP contribution < -0.4 is 0 Å². The normalized spacial score (nSPS) is 16.4. The molecule has 0 spiro atoms. The fourth-order valence-electron chi connectivity index (χ4n) is 4.10. The first kappa shape index (κ1) is 20.6. The van der Waals surface area contributed by atoms with Crippen molar-refractivity contribution in [3.8, 4) is 11.8 Å². The fourth-order valence-corrected chi connectivity index (χ4v) is 4.10. The van der Waals surface area contributed by atoms with Gasteiger partial charge in [-0.15, -0.1) is 0 Å². The van der Waals surface area contributed by atoms with E-state index in [9.17, 15) is 4.79 Å². The molecule has 4 nitrogen and oxygen atoms in total. The van der Waals surface area contributed by atoms with Crippen molar-refractivity contribution in [2.45, 2.75) is 12.1 Å². The quantitative estimate of drug-likeness (QED) is 0.609. The van der Waals surface area contributed by atoms with Crippen molar-refractivity contribution in [2.75, 3.05) is 19.6 Å². The van der Waals surface area contributed by atoms with Crippen LogP contribution in [-0.2, 0) is 0 Å². The average Bonchev–Trinajstić information content (AvgIpc) is 2.84. The predicted octanol–water partition coefficient (Wildman–Crippen LogP) is 4.19. The molecule has 1 atom stereocenters. The Balaban J connectivity index is 1.65. The second-order valence-electron chi connectivity index (χ2n) is 7.47. The van der Waals surface area contributed by atoms with Gasteiger partial charge in [-0.25, -0.2) is 0 Å². The van der Waals surface area contributed by atoms with E-state index in [2.05, 4.69) is 76.8 Å². The number of nitrogens with zero attached hydrogens (tertiary/aromatic N) is 3. The van der Waals surface area contributed by atoms with Crippen LogP contribution in [0.5, 0.6) is 0 Å². The number of carbonyl (C=O) groups is 1. The third-order valence-electron chi connectivity index (χ3n) is 5.53. The van der Waals surface area contributed by atoms with E-state index in [1.807, 2.05) is 17.0 Å². The van der Waals surface area contributed by atoms with E-state index in [1.165, 1.54) is 11.1 Å². The Kier molecular flexibility index (Phi) is 6.56. The van der Waals surface area contributed by atoms with E-state index in [0.717, 1.165) is 6.54 Å². The maximum absolute atomic E-state index is 13.2. The molecule has 1 aromatic heterocycles. The molecule has 0 saturated carbocycles. The summed E-state index contributed by atoms with van der Waals surface area (Å²) in [6.07, 6.45) is 4.87. The Labute approximate surface area is 183 Å². The monoisotopic (exact) mass is 407 g/mol. The molecule has 2 heterocycles. The second-order valence-corrected chi connectivity index (χ2v) is 7.47. The Hall–Kier alpha value is -3.68. The van der Waals surface area contributed by atoms with Crippen LogP contribution in [0.2, 0.25) is 0 Å². The van der Waals surface area contributed by atoms with Crippen LogP contribution in [0.3, 0.4) is 0 Å². The summed E-state index contributed by atoms with van der Waals surface area (Å²) in [5.41, 5.74) is 3.05. The van der Waals surface area contributed by atoms with Crippen LogP contribution in [0, 0.1) is 11.8 Å². The number of carbonyl (C=O) groups excluding carboxylic acids is 1. The number of hydrogen-bond donors (Lipinski definition) is 0. The van der Waals surface area contributed by atoms with E-state index in [0.29, 0.717) is 18.7 Å². The van der Waals surface area contributed by atoms with E-state index in [4.69, 9.17) is 0 Å². The van der Waals surface area contributed by atoms with Gasteiger partial charge < -0.3 is 4.90 Å². The third kappa shape index (κ3) is 4.74. The minimum absolute atomic E-state index is 0.0351. The number of hydrogen-bond acceptors (Lipinski definition) is 3. The first-order valence-electron chi connectivity index (χ1n) is 10.4. The number of pyridine rings is 1. The summed E-state index contributed by atoms with van der Waals surface area (Å²) in [7, 11) is 0. The molecule has 1 fully saturated rings. The van der Waals surface area contributed by atoms with Gasteiger partial charge in [0.2, 0.25) is 0 Å². The van der Waals surface area contributed by atoms with Gasteiger partial charge in [-0.2, -0.15) is 0 Å². The molecule has 31 heavy (non-hydrogen) atoms. The standard InChI is InChI=1S/C27H25N3O/c1-2-3-16-25-21-29(18-19-30(25)27(31)24-15-10-17-28-20-24)26(22-11-6-4-7-12-22)23-13-8-5-9-14-23/h2,4-15,17,20,25-26H,1,18-19,21H2. The van der Waals surface area contributed by atoms with Gasteiger partial charge in [-0.05, 0) is 29.3 Å². The number of allylic oxidation sites excluding steroid dienone is 1. The molecule has 1 aliphatic heterocycles. The maximum Gasteiger partial charge on any atom is 0.256 e. The summed E-state index contributed by atoms with van der Waals surface area (Å²) >= 11 is 0. The second kappa shape index (κ2) is 9.88. The van der Waals surface area contributed by atoms with Crippen LogP contribution in [-0.4, -0.2) is 46.4 Å². The first-order chi connectivity index (χ1) is 15.3. The highest BCUT2D eigenvalue weighted by Crippen LogP contribution is 2.31. The molecule has 0 radical (unpaired) electrons. The van der Waals surface area contributed by atoms with Crippen molar-refractivity contribution < 1.29 is 4.79 Å². The molecular weight excluding hydrogens is 382 g/mol. The fraction of sp³-hybridized carbons (Fsp3) is 0.185. The Morgan fingerprint density at radius 2 is 1.68 bits per heavy atom. The first-order valence-corrected chi connectivity index (χ1v) is 10.4. The summed E-state index contributed by atoms with van der Waals surface area (Å²) in [6, 6.07) is 24.5. The van der Waals surface area contributed by atoms with Gasteiger partial charge in [0.1, 0.15) is 6.04 Å². The van der Waals surface area contributed by atoms with Crippen LogP contribution in [0.25, 0.3) is 0 Å². The lowest BCUT2D eigenvalue weighted by Crippen LogP contribution is -2.55. The average molecular weight is 408 g/mol. The smallest absolute Gasteiger partial charge is 0.256 e. The molecule has 154 valence electrons. The van der Waals surface area contributed by atoms with E-state index >= 15 is 0 Å². The Morgan fingerprint density at radius 1 is 1.00 bits per heavy atom. The van der Waals surface area contributed by atoms with Gasteiger partial charge in [0.05, 0.1) is 11.6 Å². The van der Waals surface area contributed by atoms with Gasteiger partial charge in [0, 0.05) is 32.0 Å². The topological polar surface area (TPSA) is 36.4 Å². The van der Waals surface area contributed by atoms with Crippen molar-refractivity contribution in [3.63, 3.8) is 0 Å². The molecule has 3 aromatic rings. The van der Waals surface area contributed by atoms with Crippen LogP contribution in [0.4, 0.5) is 0 Å². The Morgan fingerprint density at radius 3 is 2.26 bits per heavy atom. The zero-order valence-corrected chi connectivity index (χ0v) is 17.4. The van der Waals surface area contributed by atoms with Crippen LogP contribution >= 0.6 is 0 Å². The summed E-state index contributed by atoms with van der Waals surface area (Å²) < 4.78 is 0. The molecule has 2 aromatic carbocycles. The van der Waals surface area contributed by atoms with Crippen molar-refractivity contribution in [1.82, 2.24) is 14.8 Å². The van der Waals surface area contributed by atoms with Gasteiger partial charge >= 0.3 is 0 Å². The van der Waals surface area contributed by atoms with E-state index in [-0.39, 0.29) is 18.0 Å². The largest absolute Gasteiger partial charge is 0.322 e. The number of rotatable bonds is 4. The number of piperazine rings is 1. The molecule has 1 amide bonds. The SMILES string of the molecule is C=CC#CC1CN(C(c2ccccc2)c2ccccc2)CCN1C(=O)c1cccnc1. The summed E-state index contributed by atoms with van der Waals surface area (Å²) in [4.78, 5) is 21.5. The van der Waals surface area contributed by atoms with Gasteiger partial charge in [-0.1, -0.05) is 79.1 Å². The molecule has 1 aliphatic rings. The molecule has 4 rings (SSSR count). The van der Waals surface area contributed by atoms with Crippen LogP contribution in [0.15, 0.2) is 97.8 Å². The number of amides is 1. The molecule has 1 unspecified atom stereocenters. The van der Waals surface area contributed by atoms with Gasteiger partial charge in [-0.3, -0.25) is 14.7 Å². The number of aromatic nitrogens is 1. The molecule has 1 saturated heterocycles. The van der Waals surface area contributed by atoms with Crippen molar-refractivity contribution in [3.05, 3.63) is 115 Å². The van der Waals surface area contributed by atoms with Crippen LogP contribution in [0.1, 0.15) is 27.5 Å². The van der Waals surface area contributed by atoms with Crippen molar-refractivity contribution in [1.29, 1.82) is 0 Å². The minimum atomic E-state index is -0.227. The number of benzene rings is 2. The molecule has 4 heteroatoms. The molecular formula is C27H25N3O. The van der Waals surface area contributed by atoms with E-state index in [1.54, 1.807) is 30.6 Å². The lowest BCUT2D eigenvalue weighted by atomic mass is 9.95. The summed E-state index contributed by atoms with van der Waals surface area (Å²) in [5, 5.41) is 0. The van der Waals surface area contributed by atoms with E-state index < -0.39 is 0 Å². The lowest BCUT2D eigenvalue weighted by Gasteiger charge is -2.43.